The van der Waals surface area contributed by atoms with Crippen molar-refractivity contribution in [3.05, 3.63) is 56.4 Å². The largest absolute Gasteiger partial charge is 0.394 e. The van der Waals surface area contributed by atoms with E-state index in [1.54, 1.807) is 0 Å². The number of nitrogens with zero attached hydrogens (tertiary/aromatic N) is 2. The molecule has 0 aliphatic rings. The molecule has 12 heteroatoms. The van der Waals surface area contributed by atoms with E-state index in [0.29, 0.717) is 3.57 Å². The number of anilines is 2. The molecule has 0 aromatic heterocycles. The van der Waals surface area contributed by atoms with E-state index in [9.17, 15) is 18.0 Å². The third-order valence-electron chi connectivity index (χ3n) is 3.77. The second-order valence-corrected chi connectivity index (χ2v) is 7.16. The summed E-state index contributed by atoms with van der Waals surface area (Å²) in [5, 5.41) is 24.1. The van der Waals surface area contributed by atoms with Crippen molar-refractivity contribution < 1.29 is 37.9 Å². The molecule has 0 fully saturated rings. The zero-order valence-corrected chi connectivity index (χ0v) is 18.4. The molecule has 3 N–H and O–H groups in total. The summed E-state index contributed by atoms with van der Waals surface area (Å²) in [5.74, 6) is -4.45. The number of halogens is 4. The lowest BCUT2D eigenvalue weighted by atomic mass is 10.1. The first kappa shape index (κ1) is 24.8. The number of nitrogens with one attached hydrogen (secondary N) is 1. The maximum absolute atomic E-state index is 14.9. The molecule has 0 radical (unpaired) electrons. The van der Waals surface area contributed by atoms with Gasteiger partial charge in [-0.3, -0.25) is 9.63 Å². The highest BCUT2D eigenvalue weighted by atomic mass is 127. The molecular formula is C19H19F3IN3O5. The van der Waals surface area contributed by atoms with Crippen molar-refractivity contribution in [2.45, 2.75) is 0 Å². The van der Waals surface area contributed by atoms with Gasteiger partial charge < -0.3 is 20.4 Å². The van der Waals surface area contributed by atoms with E-state index in [2.05, 4.69) is 15.3 Å². The Morgan fingerprint density at radius 1 is 1.19 bits per heavy atom. The summed E-state index contributed by atoms with van der Waals surface area (Å²) in [4.78, 5) is 22.4. The molecule has 0 atom stereocenters. The summed E-state index contributed by atoms with van der Waals surface area (Å²) in [6, 6.07) is 5.01. The van der Waals surface area contributed by atoms with Gasteiger partial charge in [0.25, 0.3) is 5.91 Å². The quantitative estimate of drug-likeness (QED) is 0.181. The molecule has 1 amide bonds. The molecule has 2 rings (SSSR count). The average molecular weight is 553 g/mol. The van der Waals surface area contributed by atoms with E-state index in [1.165, 1.54) is 25.2 Å². The molecule has 0 aliphatic heterocycles. The Morgan fingerprint density at radius 2 is 1.90 bits per heavy atom. The van der Waals surface area contributed by atoms with Crippen molar-refractivity contribution in [1.29, 1.82) is 0 Å². The van der Waals surface area contributed by atoms with Crippen LogP contribution in [-0.4, -0.2) is 60.9 Å². The van der Waals surface area contributed by atoms with Crippen LogP contribution in [0.3, 0.4) is 0 Å². The minimum Gasteiger partial charge on any atom is -0.394 e. The van der Waals surface area contributed by atoms with Crippen LogP contribution < -0.4 is 5.32 Å². The molecule has 168 valence electrons. The number of amides is 1. The summed E-state index contributed by atoms with van der Waals surface area (Å²) in [5.41, 5.74) is -1.61. The van der Waals surface area contributed by atoms with Crippen LogP contribution in [0.4, 0.5) is 24.5 Å². The minimum atomic E-state index is -1.46. The first-order chi connectivity index (χ1) is 14.8. The maximum atomic E-state index is 14.9. The van der Waals surface area contributed by atoms with E-state index in [-0.39, 0.29) is 37.7 Å². The van der Waals surface area contributed by atoms with Crippen LogP contribution in [0.15, 0.2) is 29.4 Å². The molecule has 0 bridgehead atoms. The molecule has 0 spiro atoms. The van der Waals surface area contributed by atoms with E-state index < -0.39 is 34.6 Å². The molecule has 31 heavy (non-hydrogen) atoms. The smallest absolute Gasteiger partial charge is 0.279 e. The zero-order valence-electron chi connectivity index (χ0n) is 16.2. The van der Waals surface area contributed by atoms with Crippen molar-refractivity contribution >= 4 is 46.1 Å². The molecule has 8 nitrogen and oxygen atoms in total. The van der Waals surface area contributed by atoms with Gasteiger partial charge in [0.2, 0.25) is 0 Å². The van der Waals surface area contributed by atoms with Crippen LogP contribution in [0.5, 0.6) is 0 Å². The molecule has 0 aliphatic carbocycles. The van der Waals surface area contributed by atoms with Gasteiger partial charge in [0.05, 0.1) is 43.0 Å². The summed E-state index contributed by atoms with van der Waals surface area (Å²) in [7, 11) is 1.21. The van der Waals surface area contributed by atoms with Crippen molar-refractivity contribution in [2.24, 2.45) is 5.16 Å². The Bertz CT molecular complexity index is 962. The lowest BCUT2D eigenvalue weighted by Gasteiger charge is -2.20. The van der Waals surface area contributed by atoms with E-state index >= 15 is 0 Å². The highest BCUT2D eigenvalue weighted by molar-refractivity contribution is 14.1. The standard InChI is InChI=1S/C19H19F3IN3O5/c1-26(31-7-5-28)19(29)13-8-11(10-24-30-6-4-27)16(21)17(22)18(13)25-15-3-2-12(23)9-14(15)20/h2-3,8-10,25,27-28H,4-7H2,1H3. The van der Waals surface area contributed by atoms with Crippen molar-refractivity contribution in [2.75, 3.05) is 38.8 Å². The first-order valence-corrected chi connectivity index (χ1v) is 9.90. The number of aliphatic hydroxyl groups is 2. The third-order valence-corrected chi connectivity index (χ3v) is 4.44. The van der Waals surface area contributed by atoms with Crippen LogP contribution in [-0.2, 0) is 9.68 Å². The zero-order chi connectivity index (χ0) is 23.0. The van der Waals surface area contributed by atoms with Gasteiger partial charge in [0.1, 0.15) is 12.4 Å². The predicted molar refractivity (Wildman–Crippen MR) is 115 cm³/mol. The number of oxime groups is 1. The highest BCUT2D eigenvalue weighted by Crippen LogP contribution is 2.31. The van der Waals surface area contributed by atoms with Crippen LogP contribution in [0.2, 0.25) is 0 Å². The SMILES string of the molecule is CN(OCCO)C(=O)c1cc(C=NOCCO)c(F)c(F)c1Nc1ccc(I)cc1F. The van der Waals surface area contributed by atoms with Crippen LogP contribution in [0, 0.1) is 21.0 Å². The topological polar surface area (TPSA) is 104 Å². The van der Waals surface area contributed by atoms with Crippen molar-refractivity contribution in [1.82, 2.24) is 5.06 Å². The van der Waals surface area contributed by atoms with E-state index in [0.717, 1.165) is 17.3 Å². The summed E-state index contributed by atoms with van der Waals surface area (Å²) >= 11 is 1.89. The molecular weight excluding hydrogens is 534 g/mol. The third kappa shape index (κ3) is 6.53. The number of aliphatic hydroxyl groups excluding tert-OH is 2. The molecule has 2 aromatic rings. The lowest BCUT2D eigenvalue weighted by Crippen LogP contribution is -2.29. The van der Waals surface area contributed by atoms with Gasteiger partial charge in [-0.2, -0.15) is 0 Å². The molecule has 0 heterocycles. The van der Waals surface area contributed by atoms with Crippen LogP contribution in [0.1, 0.15) is 15.9 Å². The van der Waals surface area contributed by atoms with E-state index in [1.807, 2.05) is 22.6 Å². The summed E-state index contributed by atoms with van der Waals surface area (Å²) in [6.07, 6.45) is 0.828. The highest BCUT2D eigenvalue weighted by Gasteiger charge is 2.25. The van der Waals surface area contributed by atoms with Gasteiger partial charge in [-0.05, 0) is 46.9 Å². The predicted octanol–water partition coefficient (Wildman–Crippen LogP) is 2.79. The molecule has 0 saturated heterocycles. The number of hydrogen-bond donors (Lipinski definition) is 3. The summed E-state index contributed by atoms with van der Waals surface area (Å²) < 4.78 is 44.3. The minimum absolute atomic E-state index is 0.171. The molecule has 2 aromatic carbocycles. The van der Waals surface area contributed by atoms with Crippen LogP contribution >= 0.6 is 22.6 Å². The molecule has 0 saturated carbocycles. The maximum Gasteiger partial charge on any atom is 0.279 e. The van der Waals surface area contributed by atoms with Gasteiger partial charge in [-0.1, -0.05) is 5.16 Å². The Kier molecular flexibility index (Phi) is 9.48. The number of hydroxylamine groups is 2. The normalized spacial score (nSPS) is 11.1. The van der Waals surface area contributed by atoms with Gasteiger partial charge in [-0.15, -0.1) is 0 Å². The number of rotatable bonds is 10. The van der Waals surface area contributed by atoms with Crippen LogP contribution in [0.25, 0.3) is 0 Å². The van der Waals surface area contributed by atoms with E-state index in [4.69, 9.17) is 15.1 Å². The van der Waals surface area contributed by atoms with Crippen molar-refractivity contribution in [3.63, 3.8) is 0 Å². The fourth-order valence-corrected chi connectivity index (χ4v) is 2.80. The van der Waals surface area contributed by atoms with Gasteiger partial charge in [0, 0.05) is 16.2 Å². The van der Waals surface area contributed by atoms with Gasteiger partial charge in [0.15, 0.2) is 11.6 Å². The monoisotopic (exact) mass is 553 g/mol. The molecule has 0 unspecified atom stereocenters. The fourth-order valence-electron chi connectivity index (χ4n) is 2.35. The van der Waals surface area contributed by atoms with Gasteiger partial charge >= 0.3 is 0 Å². The van der Waals surface area contributed by atoms with Gasteiger partial charge in [-0.25, -0.2) is 18.2 Å². The Balaban J connectivity index is 2.53. The second-order valence-electron chi connectivity index (χ2n) is 5.92. The Labute approximate surface area is 189 Å². The number of carbonyl (C=O) groups excluding carboxylic acids is 1. The Morgan fingerprint density at radius 3 is 2.55 bits per heavy atom. The fraction of sp³-hybridized carbons (Fsp3) is 0.263. The lowest BCUT2D eigenvalue weighted by molar-refractivity contribution is -0.114. The Hall–Kier alpha value is -2.42. The number of benzene rings is 2. The second kappa shape index (κ2) is 11.8. The number of hydrogen-bond acceptors (Lipinski definition) is 7. The average Bonchev–Trinajstić information content (AvgIpc) is 2.75. The number of carbonyl (C=O) groups is 1. The van der Waals surface area contributed by atoms with Crippen molar-refractivity contribution in [3.8, 4) is 0 Å². The summed E-state index contributed by atoms with van der Waals surface area (Å²) in [6.45, 7) is -1.11. The first-order valence-electron chi connectivity index (χ1n) is 8.82.